The lowest BCUT2D eigenvalue weighted by Crippen LogP contribution is -2.20. The van der Waals surface area contributed by atoms with Gasteiger partial charge in [0.1, 0.15) is 11.5 Å². The molecule has 0 heterocycles. The second kappa shape index (κ2) is 7.24. The van der Waals surface area contributed by atoms with Crippen LogP contribution in [0.25, 0.3) is 0 Å². The number of methoxy groups -OCH3 is 1. The standard InChI is InChI=1S/C15H14Cl2N2O3/c1-21-14-5-3-10(18)7-12(14)19-15(20)8-22-13-4-2-9(16)6-11(13)17/h2-7H,8,18H2,1H3,(H,19,20). The number of nitrogen functional groups attached to an aromatic ring is 1. The number of nitrogens with one attached hydrogen (secondary N) is 1. The summed E-state index contributed by atoms with van der Waals surface area (Å²) in [5.74, 6) is 0.516. The Hall–Kier alpha value is -2.11. The van der Waals surface area contributed by atoms with Crippen molar-refractivity contribution < 1.29 is 14.3 Å². The van der Waals surface area contributed by atoms with Gasteiger partial charge in [0.05, 0.1) is 17.8 Å². The van der Waals surface area contributed by atoms with Crippen molar-refractivity contribution in [3.05, 3.63) is 46.4 Å². The van der Waals surface area contributed by atoms with E-state index in [0.29, 0.717) is 32.9 Å². The number of nitrogens with two attached hydrogens (primary N) is 1. The van der Waals surface area contributed by atoms with Gasteiger partial charge in [-0.3, -0.25) is 4.79 Å². The lowest BCUT2D eigenvalue weighted by molar-refractivity contribution is -0.118. The summed E-state index contributed by atoms with van der Waals surface area (Å²) >= 11 is 11.8. The summed E-state index contributed by atoms with van der Waals surface area (Å²) in [6.07, 6.45) is 0. The van der Waals surface area contributed by atoms with Crippen LogP contribution < -0.4 is 20.5 Å². The van der Waals surface area contributed by atoms with Crippen molar-refractivity contribution in [2.75, 3.05) is 24.8 Å². The van der Waals surface area contributed by atoms with Gasteiger partial charge in [0.15, 0.2) is 6.61 Å². The van der Waals surface area contributed by atoms with E-state index in [0.717, 1.165) is 0 Å². The highest BCUT2D eigenvalue weighted by Gasteiger charge is 2.10. The molecule has 0 aliphatic rings. The number of benzene rings is 2. The van der Waals surface area contributed by atoms with E-state index in [1.54, 1.807) is 30.3 Å². The predicted octanol–water partition coefficient (Wildman–Crippen LogP) is 3.60. The van der Waals surface area contributed by atoms with Crippen molar-refractivity contribution in [2.45, 2.75) is 0 Å². The van der Waals surface area contributed by atoms with E-state index >= 15 is 0 Å². The minimum Gasteiger partial charge on any atom is -0.495 e. The average molecular weight is 341 g/mol. The van der Waals surface area contributed by atoms with Crippen molar-refractivity contribution in [1.29, 1.82) is 0 Å². The average Bonchev–Trinajstić information content (AvgIpc) is 2.46. The minimum atomic E-state index is -0.366. The fraction of sp³-hybridized carbons (Fsp3) is 0.133. The minimum absolute atomic E-state index is 0.209. The number of anilines is 2. The molecule has 0 aliphatic carbocycles. The van der Waals surface area contributed by atoms with Crippen molar-refractivity contribution in [1.82, 2.24) is 0 Å². The lowest BCUT2D eigenvalue weighted by atomic mass is 10.2. The number of amides is 1. The van der Waals surface area contributed by atoms with Crippen LogP contribution in [0.1, 0.15) is 0 Å². The highest BCUT2D eigenvalue weighted by atomic mass is 35.5. The van der Waals surface area contributed by atoms with Crippen LogP contribution in [0.3, 0.4) is 0 Å². The first kappa shape index (κ1) is 16.3. The fourth-order valence-corrected chi connectivity index (χ4v) is 2.21. The van der Waals surface area contributed by atoms with Gasteiger partial charge in [-0.05, 0) is 36.4 Å². The molecular weight excluding hydrogens is 327 g/mol. The Morgan fingerprint density at radius 3 is 2.59 bits per heavy atom. The van der Waals surface area contributed by atoms with Crippen LogP contribution in [0.4, 0.5) is 11.4 Å². The third-order valence-electron chi connectivity index (χ3n) is 2.75. The summed E-state index contributed by atoms with van der Waals surface area (Å²) in [5, 5.41) is 3.49. The molecule has 5 nitrogen and oxygen atoms in total. The van der Waals surface area contributed by atoms with Crippen LogP contribution >= 0.6 is 23.2 Å². The van der Waals surface area contributed by atoms with Crippen molar-refractivity contribution >= 4 is 40.5 Å². The van der Waals surface area contributed by atoms with Crippen molar-refractivity contribution in [2.24, 2.45) is 0 Å². The van der Waals surface area contributed by atoms with Gasteiger partial charge in [0.2, 0.25) is 0 Å². The maximum atomic E-state index is 11.9. The van der Waals surface area contributed by atoms with E-state index < -0.39 is 0 Å². The van der Waals surface area contributed by atoms with Crippen LogP contribution in [0, 0.1) is 0 Å². The molecule has 2 rings (SSSR count). The van der Waals surface area contributed by atoms with Gasteiger partial charge in [0.25, 0.3) is 5.91 Å². The molecule has 0 atom stereocenters. The molecule has 0 saturated heterocycles. The normalized spacial score (nSPS) is 10.1. The maximum Gasteiger partial charge on any atom is 0.262 e. The highest BCUT2D eigenvalue weighted by molar-refractivity contribution is 6.35. The van der Waals surface area contributed by atoms with Crippen LogP contribution in [0.2, 0.25) is 10.0 Å². The SMILES string of the molecule is COc1ccc(N)cc1NC(=O)COc1ccc(Cl)cc1Cl. The number of rotatable bonds is 5. The van der Waals surface area contributed by atoms with E-state index in [9.17, 15) is 4.79 Å². The molecule has 0 bridgehead atoms. The fourth-order valence-electron chi connectivity index (χ4n) is 1.75. The third-order valence-corrected chi connectivity index (χ3v) is 3.28. The molecule has 7 heteroatoms. The molecule has 0 aliphatic heterocycles. The molecule has 22 heavy (non-hydrogen) atoms. The van der Waals surface area contributed by atoms with Crippen molar-refractivity contribution in [3.63, 3.8) is 0 Å². The largest absolute Gasteiger partial charge is 0.495 e. The molecule has 116 valence electrons. The van der Waals surface area contributed by atoms with Crippen LogP contribution in [0.15, 0.2) is 36.4 Å². The van der Waals surface area contributed by atoms with Gasteiger partial charge in [0, 0.05) is 10.7 Å². The molecule has 0 spiro atoms. The first-order valence-electron chi connectivity index (χ1n) is 6.31. The van der Waals surface area contributed by atoms with Gasteiger partial charge in [-0.1, -0.05) is 23.2 Å². The summed E-state index contributed by atoms with van der Waals surface area (Å²) in [5.41, 5.74) is 6.67. The summed E-state index contributed by atoms with van der Waals surface area (Å²) in [6, 6.07) is 9.71. The van der Waals surface area contributed by atoms with Gasteiger partial charge in [-0.25, -0.2) is 0 Å². The topological polar surface area (TPSA) is 73.6 Å². The monoisotopic (exact) mass is 340 g/mol. The number of carbonyl (C=O) groups is 1. The number of hydrogen-bond donors (Lipinski definition) is 2. The van der Waals surface area contributed by atoms with Crippen LogP contribution in [0.5, 0.6) is 11.5 Å². The zero-order chi connectivity index (χ0) is 16.1. The highest BCUT2D eigenvalue weighted by Crippen LogP contribution is 2.28. The molecule has 2 aromatic carbocycles. The van der Waals surface area contributed by atoms with E-state index in [1.807, 2.05) is 0 Å². The molecule has 0 saturated carbocycles. The van der Waals surface area contributed by atoms with Gasteiger partial charge in [-0.2, -0.15) is 0 Å². The Kier molecular flexibility index (Phi) is 5.35. The quantitative estimate of drug-likeness (QED) is 0.815. The summed E-state index contributed by atoms with van der Waals surface area (Å²) < 4.78 is 10.5. The molecule has 0 unspecified atom stereocenters. The molecule has 2 aromatic rings. The smallest absolute Gasteiger partial charge is 0.262 e. The molecular formula is C15H14Cl2N2O3. The van der Waals surface area contributed by atoms with E-state index in [4.69, 9.17) is 38.4 Å². The predicted molar refractivity (Wildman–Crippen MR) is 88.0 cm³/mol. The summed E-state index contributed by atoms with van der Waals surface area (Å²) in [6.45, 7) is -0.209. The number of ether oxygens (including phenoxy) is 2. The Morgan fingerprint density at radius 1 is 1.18 bits per heavy atom. The number of carbonyl (C=O) groups excluding carboxylic acids is 1. The summed E-state index contributed by atoms with van der Waals surface area (Å²) in [7, 11) is 1.51. The zero-order valence-electron chi connectivity index (χ0n) is 11.7. The lowest BCUT2D eigenvalue weighted by Gasteiger charge is -2.12. The van der Waals surface area contributed by atoms with Crippen LogP contribution in [-0.4, -0.2) is 19.6 Å². The van der Waals surface area contributed by atoms with Crippen LogP contribution in [-0.2, 0) is 4.79 Å². The second-order valence-electron chi connectivity index (χ2n) is 4.37. The van der Waals surface area contributed by atoms with E-state index in [2.05, 4.69) is 5.32 Å². The summed E-state index contributed by atoms with van der Waals surface area (Å²) in [4.78, 5) is 11.9. The number of halogens is 2. The van der Waals surface area contributed by atoms with E-state index in [-0.39, 0.29) is 12.5 Å². The Bertz CT molecular complexity index is 692. The second-order valence-corrected chi connectivity index (χ2v) is 5.21. The Morgan fingerprint density at radius 2 is 1.91 bits per heavy atom. The Balaban J connectivity index is 2.00. The molecule has 0 fully saturated rings. The first-order valence-corrected chi connectivity index (χ1v) is 7.06. The molecule has 3 N–H and O–H groups in total. The van der Waals surface area contributed by atoms with E-state index in [1.165, 1.54) is 13.2 Å². The van der Waals surface area contributed by atoms with Crippen molar-refractivity contribution in [3.8, 4) is 11.5 Å². The molecule has 0 radical (unpaired) electrons. The third kappa shape index (κ3) is 4.19. The zero-order valence-corrected chi connectivity index (χ0v) is 13.2. The maximum absolute atomic E-state index is 11.9. The van der Waals surface area contributed by atoms with Gasteiger partial charge >= 0.3 is 0 Å². The Labute approximate surface area is 137 Å². The molecule has 0 aromatic heterocycles. The molecule has 1 amide bonds. The number of hydrogen-bond acceptors (Lipinski definition) is 4. The van der Waals surface area contributed by atoms with Gasteiger partial charge in [-0.15, -0.1) is 0 Å². The van der Waals surface area contributed by atoms with Gasteiger partial charge < -0.3 is 20.5 Å². The first-order chi connectivity index (χ1) is 10.5.